The van der Waals surface area contributed by atoms with E-state index >= 15 is 0 Å². The zero-order chi connectivity index (χ0) is 14.7. The molecular formula is C14H18N2O3S. The molecule has 5 nitrogen and oxygen atoms in total. The van der Waals surface area contributed by atoms with Crippen LogP contribution in [0.15, 0.2) is 0 Å². The monoisotopic (exact) mass is 294 g/mol. The fraction of sp³-hybridized carbons (Fsp3) is 0.571. The Bertz CT molecular complexity index is 541. The highest BCUT2D eigenvalue weighted by Crippen LogP contribution is 2.42. The molecule has 108 valence electrons. The van der Waals surface area contributed by atoms with Gasteiger partial charge in [0.15, 0.2) is 0 Å². The molecule has 0 radical (unpaired) electrons. The molecule has 2 heterocycles. The molecule has 0 amide bonds. The number of carboxylic acid groups (broad SMARTS) is 1. The summed E-state index contributed by atoms with van der Waals surface area (Å²) in [6.07, 6.45) is 1.89. The summed E-state index contributed by atoms with van der Waals surface area (Å²) in [6.45, 7) is 13.3. The van der Waals surface area contributed by atoms with Crippen molar-refractivity contribution in [1.82, 2.24) is 0 Å². The van der Waals surface area contributed by atoms with Gasteiger partial charge in [0, 0.05) is 25.8 Å². The van der Waals surface area contributed by atoms with Crippen molar-refractivity contribution < 1.29 is 14.6 Å². The summed E-state index contributed by atoms with van der Waals surface area (Å²) in [6, 6.07) is 0.367. The predicted molar refractivity (Wildman–Crippen MR) is 79.1 cm³/mol. The topological polar surface area (TPSA) is 54.1 Å². The first-order chi connectivity index (χ1) is 9.60. The summed E-state index contributed by atoms with van der Waals surface area (Å²) in [7, 11) is 0. The lowest BCUT2D eigenvalue weighted by Crippen LogP contribution is -2.39. The van der Waals surface area contributed by atoms with Crippen molar-refractivity contribution in [2.45, 2.75) is 32.7 Å². The Morgan fingerprint density at radius 3 is 2.65 bits per heavy atom. The van der Waals surface area contributed by atoms with Gasteiger partial charge in [-0.25, -0.2) is 9.64 Å². The van der Waals surface area contributed by atoms with E-state index in [1.807, 2.05) is 0 Å². The summed E-state index contributed by atoms with van der Waals surface area (Å²) in [5.41, 5.74) is 0.868. The van der Waals surface area contributed by atoms with Crippen molar-refractivity contribution in [2.24, 2.45) is 0 Å². The van der Waals surface area contributed by atoms with Crippen molar-refractivity contribution in [3.8, 4) is 0 Å². The number of hydrogen-bond acceptors (Lipinski definition) is 4. The Morgan fingerprint density at radius 1 is 1.55 bits per heavy atom. The minimum absolute atomic E-state index is 0.158. The van der Waals surface area contributed by atoms with Gasteiger partial charge in [-0.05, 0) is 32.3 Å². The molecule has 1 aromatic rings. The number of carbonyl (C=O) groups is 1. The highest BCUT2D eigenvalue weighted by molar-refractivity contribution is 7.20. The van der Waals surface area contributed by atoms with E-state index in [-0.39, 0.29) is 10.6 Å². The number of anilines is 1. The molecule has 0 saturated carbocycles. The SMILES string of the molecule is [C-]#[N+]c1sc(N(CC)C2CCOCC2)c(C)c1C(=O)O. The summed E-state index contributed by atoms with van der Waals surface area (Å²) < 4.78 is 5.38. The van der Waals surface area contributed by atoms with Gasteiger partial charge in [-0.2, -0.15) is 0 Å². The highest BCUT2D eigenvalue weighted by atomic mass is 32.1. The lowest BCUT2D eigenvalue weighted by atomic mass is 10.1. The molecule has 2 rings (SSSR count). The lowest BCUT2D eigenvalue weighted by Gasteiger charge is -2.35. The molecule has 1 aliphatic rings. The number of hydrogen-bond donors (Lipinski definition) is 1. The predicted octanol–water partition coefficient (Wildman–Crippen LogP) is 3.31. The van der Waals surface area contributed by atoms with Crippen molar-refractivity contribution in [3.05, 3.63) is 22.5 Å². The fourth-order valence-electron chi connectivity index (χ4n) is 2.66. The van der Waals surface area contributed by atoms with Crippen LogP contribution in [-0.4, -0.2) is 36.9 Å². The minimum atomic E-state index is -1.01. The molecule has 1 saturated heterocycles. The number of nitrogens with zero attached hydrogens (tertiary/aromatic N) is 2. The number of thiophene rings is 1. The standard InChI is InChI=1S/C14H18N2O3S/c1-4-16(10-5-7-19-8-6-10)13-9(2)11(14(17)18)12(15-3)20-13/h10H,4-8H2,1-2H3,(H,17,18). The third-order valence-corrected chi connectivity index (χ3v) is 4.87. The van der Waals surface area contributed by atoms with Crippen LogP contribution in [0.3, 0.4) is 0 Å². The molecule has 0 unspecified atom stereocenters. The average molecular weight is 294 g/mol. The van der Waals surface area contributed by atoms with Gasteiger partial charge in [-0.3, -0.25) is 0 Å². The maximum atomic E-state index is 11.3. The zero-order valence-electron chi connectivity index (χ0n) is 11.7. The molecule has 1 fully saturated rings. The number of carboxylic acids is 1. The maximum Gasteiger partial charge on any atom is 0.326 e. The van der Waals surface area contributed by atoms with E-state index in [1.54, 1.807) is 6.92 Å². The van der Waals surface area contributed by atoms with E-state index in [2.05, 4.69) is 16.7 Å². The number of rotatable bonds is 4. The molecule has 20 heavy (non-hydrogen) atoms. The minimum Gasteiger partial charge on any atom is -0.479 e. The van der Waals surface area contributed by atoms with Gasteiger partial charge in [0.05, 0.1) is 17.1 Å². The van der Waals surface area contributed by atoms with Crippen molar-refractivity contribution in [1.29, 1.82) is 0 Å². The normalized spacial score (nSPS) is 15.8. The van der Waals surface area contributed by atoms with Crippen LogP contribution in [0, 0.1) is 13.5 Å². The number of ether oxygens (including phenoxy) is 1. The highest BCUT2D eigenvalue weighted by Gasteiger charge is 2.27. The maximum absolute atomic E-state index is 11.3. The zero-order valence-corrected chi connectivity index (χ0v) is 12.5. The first-order valence-corrected chi connectivity index (χ1v) is 7.50. The molecule has 6 heteroatoms. The van der Waals surface area contributed by atoms with Crippen LogP contribution < -0.4 is 4.90 Å². The van der Waals surface area contributed by atoms with E-state index in [0.717, 1.165) is 37.6 Å². The van der Waals surface area contributed by atoms with Crippen LogP contribution >= 0.6 is 11.3 Å². The van der Waals surface area contributed by atoms with Gasteiger partial charge in [0.1, 0.15) is 0 Å². The molecule has 1 aliphatic heterocycles. The molecule has 0 spiro atoms. The van der Waals surface area contributed by atoms with E-state index in [0.29, 0.717) is 11.6 Å². The second-order valence-electron chi connectivity index (χ2n) is 4.76. The van der Waals surface area contributed by atoms with Gasteiger partial charge in [0.25, 0.3) is 5.00 Å². The van der Waals surface area contributed by atoms with Crippen LogP contribution in [0.4, 0.5) is 10.0 Å². The van der Waals surface area contributed by atoms with Gasteiger partial charge in [-0.1, -0.05) is 0 Å². The second-order valence-corrected chi connectivity index (χ2v) is 5.74. The summed E-state index contributed by atoms with van der Waals surface area (Å²) in [4.78, 5) is 16.9. The molecule has 0 aromatic carbocycles. The fourth-order valence-corrected chi connectivity index (χ4v) is 3.88. The Morgan fingerprint density at radius 2 is 2.20 bits per heavy atom. The molecule has 0 aliphatic carbocycles. The van der Waals surface area contributed by atoms with Crippen LogP contribution in [0.1, 0.15) is 35.7 Å². The Labute approximate surface area is 122 Å². The number of aromatic carboxylic acids is 1. The van der Waals surface area contributed by atoms with Crippen molar-refractivity contribution >= 4 is 27.3 Å². The Balaban J connectivity index is 2.39. The van der Waals surface area contributed by atoms with Gasteiger partial charge in [-0.15, -0.1) is 11.3 Å². The second kappa shape index (κ2) is 6.25. The van der Waals surface area contributed by atoms with Crippen LogP contribution in [0.2, 0.25) is 0 Å². The summed E-state index contributed by atoms with van der Waals surface area (Å²) in [5, 5.41) is 10.5. The van der Waals surface area contributed by atoms with Crippen LogP contribution in [0.25, 0.3) is 4.85 Å². The van der Waals surface area contributed by atoms with Crippen molar-refractivity contribution in [2.75, 3.05) is 24.7 Å². The average Bonchev–Trinajstić information content (AvgIpc) is 2.78. The molecule has 0 atom stereocenters. The first kappa shape index (κ1) is 14.8. The van der Waals surface area contributed by atoms with Gasteiger partial charge >= 0.3 is 5.97 Å². The van der Waals surface area contributed by atoms with Crippen LogP contribution in [-0.2, 0) is 4.74 Å². The van der Waals surface area contributed by atoms with Crippen LogP contribution in [0.5, 0.6) is 0 Å². The molecule has 1 N–H and O–H groups in total. The molecule has 0 bridgehead atoms. The first-order valence-electron chi connectivity index (χ1n) is 6.68. The largest absolute Gasteiger partial charge is 0.479 e. The van der Waals surface area contributed by atoms with Crippen molar-refractivity contribution in [3.63, 3.8) is 0 Å². The molecular weight excluding hydrogens is 276 g/mol. The Kier molecular flexibility index (Phi) is 4.63. The quantitative estimate of drug-likeness (QED) is 0.866. The Hall–Kier alpha value is -1.58. The smallest absolute Gasteiger partial charge is 0.326 e. The van der Waals surface area contributed by atoms with Gasteiger partial charge in [0.2, 0.25) is 0 Å². The van der Waals surface area contributed by atoms with Gasteiger partial charge < -0.3 is 14.7 Å². The van der Waals surface area contributed by atoms with E-state index in [9.17, 15) is 9.90 Å². The summed E-state index contributed by atoms with van der Waals surface area (Å²) >= 11 is 1.29. The third kappa shape index (κ3) is 2.65. The van der Waals surface area contributed by atoms with E-state index in [1.165, 1.54) is 11.3 Å². The third-order valence-electron chi connectivity index (χ3n) is 3.65. The molecule has 1 aromatic heterocycles. The van der Waals surface area contributed by atoms with E-state index in [4.69, 9.17) is 11.3 Å². The summed E-state index contributed by atoms with van der Waals surface area (Å²) in [5.74, 6) is -1.01. The lowest BCUT2D eigenvalue weighted by molar-refractivity contribution is 0.0697. The van der Waals surface area contributed by atoms with E-state index < -0.39 is 5.97 Å².